The molecular formula is C19H24N2O4. The number of benzene rings is 1. The molecule has 1 aromatic carbocycles. The molecule has 0 saturated carbocycles. The van der Waals surface area contributed by atoms with E-state index in [4.69, 9.17) is 0 Å². The number of carboxylic acid groups (broad SMARTS) is 1. The largest absolute Gasteiger partial charge is 0.481 e. The van der Waals surface area contributed by atoms with Gasteiger partial charge in [0.2, 0.25) is 11.8 Å². The van der Waals surface area contributed by atoms with Crippen molar-refractivity contribution in [1.82, 2.24) is 9.80 Å². The van der Waals surface area contributed by atoms with Crippen LogP contribution in [0.4, 0.5) is 0 Å². The summed E-state index contributed by atoms with van der Waals surface area (Å²) in [6.07, 6.45) is 2.19. The van der Waals surface area contributed by atoms with E-state index in [-0.39, 0.29) is 18.4 Å². The summed E-state index contributed by atoms with van der Waals surface area (Å²) < 4.78 is 0. The molecule has 134 valence electrons. The first kappa shape index (κ1) is 17.5. The van der Waals surface area contributed by atoms with Crippen molar-refractivity contribution in [2.24, 2.45) is 5.92 Å². The number of likely N-dealkylation sites (tertiary alicyclic amines) is 2. The predicted molar refractivity (Wildman–Crippen MR) is 91.7 cm³/mol. The van der Waals surface area contributed by atoms with E-state index in [9.17, 15) is 19.5 Å². The average molecular weight is 344 g/mol. The van der Waals surface area contributed by atoms with Crippen LogP contribution in [-0.2, 0) is 20.9 Å². The maximum atomic E-state index is 12.9. The van der Waals surface area contributed by atoms with Crippen LogP contribution >= 0.6 is 0 Å². The van der Waals surface area contributed by atoms with Crippen LogP contribution in [-0.4, -0.2) is 51.8 Å². The molecule has 0 spiro atoms. The molecule has 2 heterocycles. The van der Waals surface area contributed by atoms with Crippen molar-refractivity contribution in [2.45, 2.75) is 45.2 Å². The number of hydrogen-bond acceptors (Lipinski definition) is 3. The smallest absolute Gasteiger partial charge is 0.308 e. The fraction of sp³-hybridized carbons (Fsp3) is 0.526. The first-order chi connectivity index (χ1) is 12.0. The highest BCUT2D eigenvalue weighted by molar-refractivity contribution is 5.91. The van der Waals surface area contributed by atoms with E-state index in [0.717, 1.165) is 11.1 Å². The van der Waals surface area contributed by atoms with Gasteiger partial charge in [0.15, 0.2) is 0 Å². The van der Waals surface area contributed by atoms with Crippen LogP contribution in [0.3, 0.4) is 0 Å². The maximum Gasteiger partial charge on any atom is 0.308 e. The Labute approximate surface area is 147 Å². The van der Waals surface area contributed by atoms with E-state index in [1.807, 2.05) is 31.2 Å². The monoisotopic (exact) mass is 344 g/mol. The molecule has 6 heteroatoms. The van der Waals surface area contributed by atoms with Crippen molar-refractivity contribution < 1.29 is 19.5 Å². The van der Waals surface area contributed by atoms with Crippen LogP contribution in [0, 0.1) is 12.8 Å². The Hall–Kier alpha value is -2.37. The summed E-state index contributed by atoms with van der Waals surface area (Å²) in [4.78, 5) is 39.7. The zero-order valence-corrected chi connectivity index (χ0v) is 14.5. The number of hydrogen-bond donors (Lipinski definition) is 1. The first-order valence-electron chi connectivity index (χ1n) is 8.82. The Morgan fingerprint density at radius 1 is 1.20 bits per heavy atom. The van der Waals surface area contributed by atoms with Crippen LogP contribution in [0.15, 0.2) is 24.3 Å². The summed E-state index contributed by atoms with van der Waals surface area (Å²) in [7, 11) is 0. The van der Waals surface area contributed by atoms with E-state index in [1.54, 1.807) is 9.80 Å². The molecule has 3 rings (SSSR count). The molecule has 2 saturated heterocycles. The SMILES string of the molecule is Cc1ccc(CN2C(=O)CC[C@H]2C(=O)N2CCC[C@H](C(=O)O)C2)cc1. The van der Waals surface area contributed by atoms with Gasteiger partial charge in [0, 0.05) is 26.1 Å². The standard InChI is InChI=1S/C19H24N2O4/c1-13-4-6-14(7-5-13)11-21-16(8-9-17(21)22)18(23)20-10-2-3-15(12-20)19(24)25/h4-7,15-16H,2-3,8-12H2,1H3,(H,24,25)/t15-,16-/m0/s1. The first-order valence-corrected chi connectivity index (χ1v) is 8.82. The lowest BCUT2D eigenvalue weighted by Gasteiger charge is -2.35. The lowest BCUT2D eigenvalue weighted by molar-refractivity contribution is -0.148. The van der Waals surface area contributed by atoms with Gasteiger partial charge < -0.3 is 14.9 Å². The van der Waals surface area contributed by atoms with Crippen LogP contribution in [0.1, 0.15) is 36.8 Å². The van der Waals surface area contributed by atoms with E-state index < -0.39 is 17.9 Å². The molecule has 1 N–H and O–H groups in total. The second kappa shape index (κ2) is 7.25. The minimum absolute atomic E-state index is 0.00859. The molecule has 1 aromatic rings. The number of piperidine rings is 1. The molecule has 2 aliphatic rings. The summed E-state index contributed by atoms with van der Waals surface area (Å²) in [5, 5.41) is 9.21. The van der Waals surface area contributed by atoms with Gasteiger partial charge in [0.1, 0.15) is 6.04 Å². The molecule has 2 aliphatic heterocycles. The number of aryl methyl sites for hydroxylation is 1. The molecule has 0 aromatic heterocycles. The summed E-state index contributed by atoms with van der Waals surface area (Å²) in [6.45, 7) is 3.25. The van der Waals surface area contributed by atoms with E-state index in [1.165, 1.54) is 0 Å². The number of carboxylic acids is 1. The Kier molecular flexibility index (Phi) is 5.06. The van der Waals surface area contributed by atoms with Crippen LogP contribution in [0.2, 0.25) is 0 Å². The van der Waals surface area contributed by atoms with Crippen LogP contribution < -0.4 is 0 Å². The Balaban J connectivity index is 1.71. The molecular weight excluding hydrogens is 320 g/mol. The second-order valence-electron chi connectivity index (χ2n) is 7.02. The van der Waals surface area contributed by atoms with Gasteiger partial charge in [-0.05, 0) is 31.7 Å². The Bertz CT molecular complexity index is 671. The quantitative estimate of drug-likeness (QED) is 0.904. The number of carbonyl (C=O) groups excluding carboxylic acids is 2. The van der Waals surface area contributed by atoms with Gasteiger partial charge >= 0.3 is 5.97 Å². The molecule has 2 amide bonds. The van der Waals surface area contributed by atoms with E-state index in [0.29, 0.717) is 38.8 Å². The van der Waals surface area contributed by atoms with Gasteiger partial charge in [0.05, 0.1) is 5.92 Å². The summed E-state index contributed by atoms with van der Waals surface area (Å²) in [5.74, 6) is -1.47. The predicted octanol–water partition coefficient (Wildman–Crippen LogP) is 1.81. The third-order valence-electron chi connectivity index (χ3n) is 5.17. The minimum atomic E-state index is -0.850. The van der Waals surface area contributed by atoms with Crippen molar-refractivity contribution in [3.63, 3.8) is 0 Å². The highest BCUT2D eigenvalue weighted by Gasteiger charge is 2.39. The average Bonchev–Trinajstić information content (AvgIpc) is 2.97. The molecule has 6 nitrogen and oxygen atoms in total. The van der Waals surface area contributed by atoms with Crippen molar-refractivity contribution in [3.05, 3.63) is 35.4 Å². The van der Waals surface area contributed by atoms with Gasteiger partial charge in [-0.3, -0.25) is 14.4 Å². The zero-order chi connectivity index (χ0) is 18.0. The number of amides is 2. The Morgan fingerprint density at radius 2 is 1.92 bits per heavy atom. The molecule has 0 bridgehead atoms. The fourth-order valence-corrected chi connectivity index (χ4v) is 3.67. The molecule has 25 heavy (non-hydrogen) atoms. The third kappa shape index (κ3) is 3.83. The summed E-state index contributed by atoms with van der Waals surface area (Å²) in [6, 6.07) is 7.47. The lowest BCUT2D eigenvalue weighted by Crippen LogP contribution is -2.50. The number of aliphatic carboxylic acids is 1. The van der Waals surface area contributed by atoms with E-state index in [2.05, 4.69) is 0 Å². The molecule has 0 aliphatic carbocycles. The zero-order valence-electron chi connectivity index (χ0n) is 14.5. The maximum absolute atomic E-state index is 12.9. The minimum Gasteiger partial charge on any atom is -0.481 e. The van der Waals surface area contributed by atoms with Crippen molar-refractivity contribution in [2.75, 3.05) is 13.1 Å². The summed E-state index contributed by atoms with van der Waals surface area (Å²) >= 11 is 0. The van der Waals surface area contributed by atoms with Gasteiger partial charge in [-0.25, -0.2) is 0 Å². The van der Waals surface area contributed by atoms with Crippen molar-refractivity contribution >= 4 is 17.8 Å². The number of nitrogens with zero attached hydrogens (tertiary/aromatic N) is 2. The molecule has 2 atom stereocenters. The van der Waals surface area contributed by atoms with Gasteiger partial charge in [-0.15, -0.1) is 0 Å². The van der Waals surface area contributed by atoms with Crippen molar-refractivity contribution in [1.29, 1.82) is 0 Å². The highest BCUT2D eigenvalue weighted by Crippen LogP contribution is 2.26. The van der Waals surface area contributed by atoms with E-state index >= 15 is 0 Å². The van der Waals surface area contributed by atoms with Gasteiger partial charge in [0.25, 0.3) is 0 Å². The summed E-state index contributed by atoms with van der Waals surface area (Å²) in [5.41, 5.74) is 2.15. The molecule has 0 radical (unpaired) electrons. The third-order valence-corrected chi connectivity index (χ3v) is 5.17. The normalized spacial score (nSPS) is 23.8. The second-order valence-corrected chi connectivity index (χ2v) is 7.02. The Morgan fingerprint density at radius 3 is 2.60 bits per heavy atom. The molecule has 2 fully saturated rings. The fourth-order valence-electron chi connectivity index (χ4n) is 3.67. The highest BCUT2D eigenvalue weighted by atomic mass is 16.4. The number of carbonyl (C=O) groups is 3. The van der Waals surface area contributed by atoms with Crippen molar-refractivity contribution in [3.8, 4) is 0 Å². The number of rotatable bonds is 4. The lowest BCUT2D eigenvalue weighted by atomic mass is 9.97. The van der Waals surface area contributed by atoms with Crippen LogP contribution in [0.5, 0.6) is 0 Å². The topological polar surface area (TPSA) is 77.9 Å². The molecule has 0 unspecified atom stereocenters. The van der Waals surface area contributed by atoms with Crippen LogP contribution in [0.25, 0.3) is 0 Å². The van der Waals surface area contributed by atoms with Gasteiger partial charge in [-0.2, -0.15) is 0 Å². The van der Waals surface area contributed by atoms with Gasteiger partial charge in [-0.1, -0.05) is 29.8 Å².